The highest BCUT2D eigenvalue weighted by atomic mass is 35.5. The summed E-state index contributed by atoms with van der Waals surface area (Å²) in [7, 11) is 1.83. The second kappa shape index (κ2) is 6.93. The molecular weight excluding hydrogens is 360 g/mol. The van der Waals surface area contributed by atoms with E-state index in [1.54, 1.807) is 23.2 Å². The molecule has 0 radical (unpaired) electrons. The Morgan fingerprint density at radius 1 is 1.15 bits per heavy atom. The highest BCUT2D eigenvalue weighted by Crippen LogP contribution is 2.39. The van der Waals surface area contributed by atoms with Gasteiger partial charge in [-0.3, -0.25) is 15.1 Å². The summed E-state index contributed by atoms with van der Waals surface area (Å²) in [5.74, 6) is -1.58. The molecule has 26 heavy (non-hydrogen) atoms. The van der Waals surface area contributed by atoms with Gasteiger partial charge in [-0.1, -0.05) is 6.07 Å². The Kier molecular flexibility index (Phi) is 4.99. The number of carbonyl (C=O) groups is 1. The summed E-state index contributed by atoms with van der Waals surface area (Å²) in [6.45, 7) is 0.765. The molecule has 1 amide bonds. The van der Waals surface area contributed by atoms with Crippen LogP contribution in [0.2, 0.25) is 0 Å². The molecule has 3 heterocycles. The molecule has 7 heteroatoms. The van der Waals surface area contributed by atoms with Gasteiger partial charge in [0.1, 0.15) is 5.54 Å². The Morgan fingerprint density at radius 3 is 2.62 bits per heavy atom. The highest BCUT2D eigenvalue weighted by Gasteiger charge is 2.50. The van der Waals surface area contributed by atoms with E-state index in [0.717, 1.165) is 43.1 Å². The number of hydrogen-bond acceptors (Lipinski definition) is 3. The number of halogens is 3. The van der Waals surface area contributed by atoms with Crippen LogP contribution >= 0.6 is 12.4 Å². The molecule has 0 saturated carbocycles. The molecule has 138 valence electrons. The van der Waals surface area contributed by atoms with E-state index in [1.165, 1.54) is 6.07 Å². The van der Waals surface area contributed by atoms with E-state index in [9.17, 15) is 13.6 Å². The second-order valence-electron chi connectivity index (χ2n) is 6.89. The van der Waals surface area contributed by atoms with Crippen LogP contribution in [0.3, 0.4) is 0 Å². The number of nitrogens with zero attached hydrogens (tertiary/aromatic N) is 2. The number of amides is 1. The fraction of sp³-hybridized carbons (Fsp3) is 0.368. The molecule has 0 aliphatic carbocycles. The first-order valence-electron chi connectivity index (χ1n) is 8.43. The number of likely N-dealkylation sites (N-methyl/N-ethyl adjacent to an activating group) is 1. The van der Waals surface area contributed by atoms with E-state index >= 15 is 0 Å². The molecule has 1 N–H and O–H groups in total. The molecule has 2 atom stereocenters. The Labute approximate surface area is 157 Å². The number of rotatable bonds is 2. The van der Waals surface area contributed by atoms with Gasteiger partial charge in [-0.05, 0) is 54.7 Å². The smallest absolute Gasteiger partial charge is 0.242 e. The first kappa shape index (κ1) is 18.7. The summed E-state index contributed by atoms with van der Waals surface area (Å²) in [6.07, 6.45) is 4.09. The van der Waals surface area contributed by atoms with Crippen LogP contribution in [-0.4, -0.2) is 34.9 Å². The zero-order valence-corrected chi connectivity index (χ0v) is 15.2. The molecule has 4 rings (SSSR count). The van der Waals surface area contributed by atoms with Crippen LogP contribution < -0.4 is 5.32 Å². The number of likely N-dealkylation sites (tertiary alicyclic amines) is 1. The van der Waals surface area contributed by atoms with Crippen molar-refractivity contribution in [3.8, 4) is 11.1 Å². The molecule has 1 aromatic heterocycles. The second-order valence-corrected chi connectivity index (χ2v) is 6.89. The number of pyridine rings is 1. The van der Waals surface area contributed by atoms with Crippen molar-refractivity contribution >= 4 is 18.3 Å². The Hall–Kier alpha value is -2.05. The molecular formula is C19H20ClF2N3O. The van der Waals surface area contributed by atoms with Gasteiger partial charge < -0.3 is 4.90 Å². The maximum Gasteiger partial charge on any atom is 0.242 e. The molecule has 2 aliphatic heterocycles. The fourth-order valence-electron chi connectivity index (χ4n) is 3.88. The molecule has 0 unspecified atom stereocenters. The first-order chi connectivity index (χ1) is 12.0. The summed E-state index contributed by atoms with van der Waals surface area (Å²) in [6, 6.07) is 7.51. The molecule has 1 spiro atoms. The minimum absolute atomic E-state index is 0. The summed E-state index contributed by atoms with van der Waals surface area (Å²) >= 11 is 0. The highest BCUT2D eigenvalue weighted by molar-refractivity contribution is 5.88. The average Bonchev–Trinajstić information content (AvgIpc) is 3.18. The summed E-state index contributed by atoms with van der Waals surface area (Å²) in [5.41, 5.74) is 1.73. The third-order valence-electron chi connectivity index (χ3n) is 5.33. The van der Waals surface area contributed by atoms with Crippen LogP contribution in [0.15, 0.2) is 36.5 Å². The van der Waals surface area contributed by atoms with Gasteiger partial charge in [0.15, 0.2) is 11.6 Å². The van der Waals surface area contributed by atoms with E-state index in [2.05, 4.69) is 10.3 Å². The van der Waals surface area contributed by atoms with Gasteiger partial charge in [-0.25, -0.2) is 8.78 Å². The predicted octanol–water partition coefficient (Wildman–Crippen LogP) is 3.47. The third kappa shape index (κ3) is 3.08. The SMILES string of the molecule is CN1CC[C@@]2(CC[C@H](c3cc(-c4ccc(F)c(F)c4)ccn3)N2)C1=O.Cl. The van der Waals surface area contributed by atoms with Crippen molar-refractivity contribution in [3.63, 3.8) is 0 Å². The Bertz CT molecular complexity index is 847. The van der Waals surface area contributed by atoms with Crippen molar-refractivity contribution in [2.45, 2.75) is 30.8 Å². The lowest BCUT2D eigenvalue weighted by atomic mass is 9.96. The third-order valence-corrected chi connectivity index (χ3v) is 5.33. The minimum atomic E-state index is -0.867. The largest absolute Gasteiger partial charge is 0.344 e. The first-order valence-corrected chi connectivity index (χ1v) is 8.43. The molecule has 2 saturated heterocycles. The van der Waals surface area contributed by atoms with Gasteiger partial charge in [0, 0.05) is 19.8 Å². The predicted molar refractivity (Wildman–Crippen MR) is 96.9 cm³/mol. The van der Waals surface area contributed by atoms with Crippen molar-refractivity contribution in [1.29, 1.82) is 0 Å². The summed E-state index contributed by atoms with van der Waals surface area (Å²) in [4.78, 5) is 18.6. The van der Waals surface area contributed by atoms with Crippen LogP contribution in [0.1, 0.15) is 31.0 Å². The van der Waals surface area contributed by atoms with Crippen molar-refractivity contribution in [3.05, 3.63) is 53.9 Å². The number of hydrogen-bond donors (Lipinski definition) is 1. The number of aromatic nitrogens is 1. The average molecular weight is 380 g/mol. The fourth-order valence-corrected chi connectivity index (χ4v) is 3.88. The quantitative estimate of drug-likeness (QED) is 0.869. The van der Waals surface area contributed by atoms with E-state index in [-0.39, 0.29) is 24.4 Å². The van der Waals surface area contributed by atoms with Crippen LogP contribution in [0.25, 0.3) is 11.1 Å². The summed E-state index contributed by atoms with van der Waals surface area (Å²) in [5, 5.41) is 3.47. The maximum absolute atomic E-state index is 13.5. The number of nitrogens with one attached hydrogen (secondary N) is 1. The van der Waals surface area contributed by atoms with Gasteiger partial charge in [0.05, 0.1) is 11.7 Å². The van der Waals surface area contributed by atoms with E-state index in [4.69, 9.17) is 0 Å². The van der Waals surface area contributed by atoms with Crippen LogP contribution in [-0.2, 0) is 4.79 Å². The van der Waals surface area contributed by atoms with E-state index in [1.807, 2.05) is 13.1 Å². The van der Waals surface area contributed by atoms with Gasteiger partial charge in [-0.2, -0.15) is 0 Å². The van der Waals surface area contributed by atoms with Gasteiger partial charge in [-0.15, -0.1) is 12.4 Å². The zero-order valence-electron chi connectivity index (χ0n) is 14.3. The van der Waals surface area contributed by atoms with Crippen molar-refractivity contribution in [1.82, 2.24) is 15.2 Å². The summed E-state index contributed by atoms with van der Waals surface area (Å²) < 4.78 is 26.6. The molecule has 2 aromatic rings. The normalized spacial score (nSPS) is 25.0. The van der Waals surface area contributed by atoms with Crippen molar-refractivity contribution < 1.29 is 13.6 Å². The molecule has 1 aromatic carbocycles. The lowest BCUT2D eigenvalue weighted by Crippen LogP contribution is -2.47. The maximum atomic E-state index is 13.5. The topological polar surface area (TPSA) is 45.2 Å². The Balaban J connectivity index is 0.00000196. The minimum Gasteiger partial charge on any atom is -0.344 e. The van der Waals surface area contributed by atoms with Gasteiger partial charge in [0.25, 0.3) is 0 Å². The van der Waals surface area contributed by atoms with Crippen LogP contribution in [0.5, 0.6) is 0 Å². The van der Waals surface area contributed by atoms with Crippen molar-refractivity contribution in [2.24, 2.45) is 0 Å². The van der Waals surface area contributed by atoms with Gasteiger partial charge >= 0.3 is 0 Å². The zero-order chi connectivity index (χ0) is 17.6. The molecule has 4 nitrogen and oxygen atoms in total. The van der Waals surface area contributed by atoms with Crippen LogP contribution in [0.4, 0.5) is 8.78 Å². The molecule has 0 bridgehead atoms. The van der Waals surface area contributed by atoms with Crippen molar-refractivity contribution in [2.75, 3.05) is 13.6 Å². The lowest BCUT2D eigenvalue weighted by molar-refractivity contribution is -0.131. The molecule has 2 aliphatic rings. The monoisotopic (exact) mass is 379 g/mol. The number of benzene rings is 1. The lowest BCUT2D eigenvalue weighted by Gasteiger charge is -2.23. The van der Waals surface area contributed by atoms with Gasteiger partial charge in [0.2, 0.25) is 5.91 Å². The standard InChI is InChI=1S/C19H19F2N3O.ClH/c1-24-9-7-19(18(24)25)6-4-16(23-19)17-11-13(5-8-22-17)12-2-3-14(20)15(21)10-12;/h2-3,5,8,10-11,16,23H,4,6-7,9H2,1H3;1H/t16-,19+;/m1./s1. The number of carbonyl (C=O) groups excluding carboxylic acids is 1. The Morgan fingerprint density at radius 2 is 1.92 bits per heavy atom. The van der Waals surface area contributed by atoms with E-state index in [0.29, 0.717) is 5.56 Å². The van der Waals surface area contributed by atoms with E-state index < -0.39 is 17.2 Å². The molecule has 2 fully saturated rings. The van der Waals surface area contributed by atoms with Crippen LogP contribution in [0, 0.1) is 11.6 Å².